The van der Waals surface area contributed by atoms with Crippen LogP contribution in [0.25, 0.3) is 0 Å². The van der Waals surface area contributed by atoms with E-state index in [2.05, 4.69) is 102 Å². The van der Waals surface area contributed by atoms with Gasteiger partial charge in [-0.1, -0.05) is 234 Å². The molecular formula is C93H108N4O13. The molecule has 6 aliphatic carbocycles. The molecule has 110 heavy (non-hydrogen) atoms. The highest BCUT2D eigenvalue weighted by Crippen LogP contribution is 2.51. The van der Waals surface area contributed by atoms with Crippen molar-refractivity contribution in [3.63, 3.8) is 0 Å². The van der Waals surface area contributed by atoms with Gasteiger partial charge in [0.25, 0.3) is 5.69 Å². The minimum Gasteiger partial charge on any atom is -0.445 e. The third-order valence-electron chi connectivity index (χ3n) is 24.3. The zero-order valence-electron chi connectivity index (χ0n) is 64.9. The molecule has 6 aliphatic rings. The maximum Gasteiger partial charge on any atom is 0.519 e. The molecule has 578 valence electrons. The summed E-state index contributed by atoms with van der Waals surface area (Å²) >= 11 is 0. The van der Waals surface area contributed by atoms with E-state index in [0.29, 0.717) is 40.9 Å². The zero-order valence-corrected chi connectivity index (χ0v) is 64.9. The molecule has 8 aromatic rings. The second-order valence-electron chi connectivity index (χ2n) is 32.6. The fourth-order valence-corrected chi connectivity index (χ4v) is 18.1. The summed E-state index contributed by atoms with van der Waals surface area (Å²) in [6.07, 6.45) is 18.3. The van der Waals surface area contributed by atoms with Gasteiger partial charge in [0.1, 0.15) is 36.2 Å². The molecule has 9 atom stereocenters. The molecular weight excluding hydrogens is 1380 g/mol. The Morgan fingerprint density at radius 1 is 0.436 bits per heavy atom. The number of benzene rings is 8. The number of non-ortho nitro benzene ring substituents is 1. The Hall–Kier alpha value is -10.1. The average molecular weight is 1490 g/mol. The molecule has 0 aromatic heterocycles. The van der Waals surface area contributed by atoms with E-state index in [1.807, 2.05) is 115 Å². The Balaban J connectivity index is 0.000000155. The lowest BCUT2D eigenvalue weighted by Gasteiger charge is -2.49. The SMILES string of the molecule is CC(C)c1ccc(CC(=O)Oc2ccc3c(c2)[C@@]2(C)CCCCC[C@@H](C3)[C@@H]2N)cc1.CC(C)c1ccc(CC(=O)Oc2ccc3c(c2)[C@@]2(C)CCCCC[C@@H](C3)[C@@H]2NC(=O)OCc2ccccc2)cc1.C[C@@]12CCCCC[C@@H](Cc3ccc(OC(=O)Oc4ccc([N+](=O)[O-])cc4)cc31)[C@@H]2NC(=O)OCc1ccccc1. The third-order valence-corrected chi connectivity index (χ3v) is 24.3. The number of nitrogens with zero attached hydrogens (tertiary/aromatic N) is 1. The Labute approximate surface area is 648 Å². The summed E-state index contributed by atoms with van der Waals surface area (Å²) in [4.78, 5) is 74.2. The van der Waals surface area contributed by atoms with Gasteiger partial charge in [-0.05, 0) is 203 Å². The largest absolute Gasteiger partial charge is 0.519 e. The van der Waals surface area contributed by atoms with Crippen molar-refractivity contribution in [2.75, 3.05) is 0 Å². The summed E-state index contributed by atoms with van der Waals surface area (Å²) in [5.41, 5.74) is 19.7. The highest BCUT2D eigenvalue weighted by molar-refractivity contribution is 5.76. The Bertz CT molecular complexity index is 4490. The van der Waals surface area contributed by atoms with Crippen molar-refractivity contribution in [3.8, 4) is 23.0 Å². The van der Waals surface area contributed by atoms with Crippen LogP contribution in [0, 0.1) is 27.9 Å². The van der Waals surface area contributed by atoms with E-state index in [9.17, 15) is 34.1 Å². The monoisotopic (exact) mass is 1490 g/mol. The number of ether oxygens (including phenoxy) is 6. The van der Waals surface area contributed by atoms with E-state index in [1.54, 1.807) is 6.07 Å². The molecule has 4 N–H and O–H groups in total. The van der Waals surface area contributed by atoms with Crippen LogP contribution >= 0.6 is 0 Å². The van der Waals surface area contributed by atoms with E-state index in [0.717, 1.165) is 105 Å². The molecule has 14 rings (SSSR count). The van der Waals surface area contributed by atoms with Crippen LogP contribution in [-0.2, 0) is 80.6 Å². The lowest BCUT2D eigenvalue weighted by Crippen LogP contribution is -2.57. The number of nitro groups is 1. The lowest BCUT2D eigenvalue weighted by atomic mass is 9.59. The summed E-state index contributed by atoms with van der Waals surface area (Å²) in [6, 6.07) is 58.8. The first-order valence-electron chi connectivity index (χ1n) is 39.8. The van der Waals surface area contributed by atoms with Crippen LogP contribution < -0.4 is 35.3 Å². The van der Waals surface area contributed by atoms with Crippen LogP contribution in [0.1, 0.15) is 223 Å². The number of nitrogens with two attached hydrogens (primary N) is 1. The molecule has 8 aromatic carbocycles. The minimum absolute atomic E-state index is 0.0340. The summed E-state index contributed by atoms with van der Waals surface area (Å²) in [5, 5.41) is 17.3. The maximum absolute atomic E-state index is 13.0. The summed E-state index contributed by atoms with van der Waals surface area (Å²) in [7, 11) is 0. The number of amides is 2. The van der Waals surface area contributed by atoms with Gasteiger partial charge in [-0.15, -0.1) is 0 Å². The molecule has 0 unspecified atom stereocenters. The summed E-state index contributed by atoms with van der Waals surface area (Å²) in [5.74, 6) is 3.30. The van der Waals surface area contributed by atoms with Crippen molar-refractivity contribution in [2.24, 2.45) is 23.5 Å². The predicted molar refractivity (Wildman–Crippen MR) is 427 cm³/mol. The number of hydrogen-bond donors (Lipinski definition) is 3. The highest BCUT2D eigenvalue weighted by atomic mass is 16.7. The molecule has 0 saturated heterocycles. The zero-order chi connectivity index (χ0) is 77.5. The second-order valence-corrected chi connectivity index (χ2v) is 32.6. The van der Waals surface area contributed by atoms with Crippen LogP contribution in [0.3, 0.4) is 0 Å². The van der Waals surface area contributed by atoms with Gasteiger partial charge < -0.3 is 44.8 Å². The molecule has 0 heterocycles. The quantitative estimate of drug-likeness (QED) is 0.0253. The first-order chi connectivity index (χ1) is 53.0. The minimum atomic E-state index is -0.940. The standard InChI is InChI=1S/C35H41NO4.C31H32N2O7.C27H35NO2/c1-24(2)27-15-13-25(14-16-27)20-32(37)40-30-18-17-28-21-29-12-8-5-9-19-35(3,31(28)22-30)33(29)36-34(38)39-23-26-10-6-4-7-11-26;1-31-17-7-3-6-10-23(28(31)32-29(34)38-20-21-8-4-2-5-9-21)18-22-11-14-26(19-27(22)31)40-30(35)39-25-15-12-24(13-16-25)33(36)37;1-18(2)20-10-8-19(9-11-20)15-25(29)30-23-13-12-21-16-22-7-5-4-6-14-27(3,26(22)28)24(21)17-23/h4,6-7,10-11,13-18,22,24,29,33H,5,8-9,12,19-21,23H2,1-3H3,(H,36,38);2,4-5,8-9,11-16,19,23,28H,3,6-7,10,17-18,20H2,1H3,(H,32,34);8-13,17-18,22,26H,4-7,14-16,28H2,1-3H3/t29-,33-,35+;23-,28-,31+;22-,26-,27+/m000/s1. The number of nitrogens with one attached hydrogen (secondary N) is 2. The van der Waals surface area contributed by atoms with Gasteiger partial charge in [0.05, 0.1) is 17.8 Å². The van der Waals surface area contributed by atoms with Crippen LogP contribution in [0.2, 0.25) is 0 Å². The predicted octanol–water partition coefficient (Wildman–Crippen LogP) is 20.2. The van der Waals surface area contributed by atoms with Crippen molar-refractivity contribution in [3.05, 3.63) is 265 Å². The van der Waals surface area contributed by atoms with E-state index < -0.39 is 17.2 Å². The van der Waals surface area contributed by atoms with Crippen molar-refractivity contribution in [1.29, 1.82) is 0 Å². The number of fused-ring (bicyclic) bond motifs is 12. The van der Waals surface area contributed by atoms with Gasteiger partial charge >= 0.3 is 30.3 Å². The van der Waals surface area contributed by atoms with Crippen molar-refractivity contribution in [2.45, 2.75) is 236 Å². The van der Waals surface area contributed by atoms with Crippen molar-refractivity contribution < 1.29 is 57.3 Å². The van der Waals surface area contributed by atoms with Crippen LogP contribution in [-0.4, -0.2) is 53.3 Å². The first-order valence-corrected chi connectivity index (χ1v) is 39.8. The Kier molecular flexibility index (Phi) is 26.1. The summed E-state index contributed by atoms with van der Waals surface area (Å²) in [6.45, 7) is 15.9. The Morgan fingerprint density at radius 2 is 0.800 bits per heavy atom. The third kappa shape index (κ3) is 19.7. The molecule has 2 amide bonds. The maximum atomic E-state index is 13.0. The second kappa shape index (κ2) is 36.1. The van der Waals surface area contributed by atoms with E-state index >= 15 is 0 Å². The Morgan fingerprint density at radius 3 is 1.21 bits per heavy atom. The topological polar surface area (TPSA) is 234 Å². The smallest absolute Gasteiger partial charge is 0.445 e. The van der Waals surface area contributed by atoms with Gasteiger partial charge in [-0.2, -0.15) is 0 Å². The summed E-state index contributed by atoms with van der Waals surface area (Å²) < 4.78 is 33.5. The highest BCUT2D eigenvalue weighted by Gasteiger charge is 2.49. The van der Waals surface area contributed by atoms with E-state index in [1.165, 1.54) is 102 Å². The van der Waals surface area contributed by atoms with Gasteiger partial charge in [0.15, 0.2) is 0 Å². The number of rotatable bonds is 17. The molecule has 17 nitrogen and oxygen atoms in total. The van der Waals surface area contributed by atoms with Gasteiger partial charge in [0, 0.05) is 46.5 Å². The van der Waals surface area contributed by atoms with Gasteiger partial charge in [0.2, 0.25) is 0 Å². The number of carbonyl (C=O) groups is 5. The van der Waals surface area contributed by atoms with Gasteiger partial charge in [-0.25, -0.2) is 14.4 Å². The van der Waals surface area contributed by atoms with Gasteiger partial charge in [-0.3, -0.25) is 19.7 Å². The molecule has 3 saturated carbocycles. The average Bonchev–Trinajstić information content (AvgIpc) is 0.756. The fraction of sp³-hybridized carbons (Fsp3) is 0.430. The normalized spacial score (nSPS) is 22.9. The lowest BCUT2D eigenvalue weighted by molar-refractivity contribution is -0.384. The van der Waals surface area contributed by atoms with Crippen molar-refractivity contribution in [1.82, 2.24) is 10.6 Å². The van der Waals surface area contributed by atoms with Crippen LogP contribution in [0.5, 0.6) is 23.0 Å². The first kappa shape index (κ1) is 79.4. The van der Waals surface area contributed by atoms with Crippen LogP contribution in [0.15, 0.2) is 188 Å². The molecule has 3 fully saturated rings. The van der Waals surface area contributed by atoms with Crippen molar-refractivity contribution >= 4 is 36.0 Å². The molecule has 0 radical (unpaired) electrons. The number of nitro benzene ring substituents is 1. The molecule has 0 spiro atoms. The van der Waals surface area contributed by atoms with E-state index in [4.69, 9.17) is 34.2 Å². The number of alkyl carbamates (subject to hydrolysis) is 2. The van der Waals surface area contributed by atoms with Crippen LogP contribution in [0.4, 0.5) is 20.1 Å². The van der Waals surface area contributed by atoms with E-state index in [-0.39, 0.29) is 95.8 Å². The molecule has 0 aliphatic heterocycles. The number of hydrogen-bond acceptors (Lipinski definition) is 14. The number of carbonyl (C=O) groups excluding carboxylic acids is 5. The number of esters is 2. The molecule has 17 heteroatoms. The molecule has 6 bridgehead atoms. The fourth-order valence-electron chi connectivity index (χ4n) is 18.1.